The fraction of sp³-hybridized carbons (Fsp3) is 0.412. The zero-order valence-electron chi connectivity index (χ0n) is 13.6. The number of aromatic nitrogens is 1. The molecule has 118 valence electrons. The van der Waals surface area contributed by atoms with E-state index in [0.717, 1.165) is 22.1 Å². The zero-order valence-corrected chi connectivity index (χ0v) is 14.5. The highest BCUT2D eigenvalue weighted by atomic mass is 32.1. The fourth-order valence-electron chi connectivity index (χ4n) is 2.35. The van der Waals surface area contributed by atoms with E-state index in [4.69, 9.17) is 0 Å². The second-order valence-electron chi connectivity index (χ2n) is 5.92. The molecule has 1 heterocycles. The summed E-state index contributed by atoms with van der Waals surface area (Å²) in [4.78, 5) is 18.8. The Balaban J connectivity index is 2.01. The van der Waals surface area contributed by atoms with Crippen LogP contribution < -0.4 is 10.2 Å². The second-order valence-corrected chi connectivity index (χ2v) is 7.00. The summed E-state index contributed by atoms with van der Waals surface area (Å²) in [5, 5.41) is 4.00. The first-order valence-corrected chi connectivity index (χ1v) is 8.39. The molecule has 1 atom stereocenters. The van der Waals surface area contributed by atoms with Gasteiger partial charge in [-0.1, -0.05) is 30.3 Å². The van der Waals surface area contributed by atoms with Crippen molar-refractivity contribution in [1.29, 1.82) is 0 Å². The fourth-order valence-corrected chi connectivity index (χ4v) is 3.54. The maximum absolute atomic E-state index is 11.8. The molecular weight excluding hydrogens is 294 g/mol. The molecule has 0 radical (unpaired) electrons. The van der Waals surface area contributed by atoms with Crippen LogP contribution in [-0.2, 0) is 11.3 Å². The van der Waals surface area contributed by atoms with Gasteiger partial charge in [-0.05, 0) is 26.3 Å². The van der Waals surface area contributed by atoms with Gasteiger partial charge in [0.1, 0.15) is 11.6 Å². The maximum Gasteiger partial charge on any atom is 0.275 e. The van der Waals surface area contributed by atoms with Crippen LogP contribution in [0, 0.1) is 6.92 Å². The van der Waals surface area contributed by atoms with Crippen LogP contribution >= 0.6 is 11.3 Å². The summed E-state index contributed by atoms with van der Waals surface area (Å²) in [7, 11) is 2.03. The molecule has 0 bridgehead atoms. The molecular formula is C17H24N3OS+. The van der Waals surface area contributed by atoms with Gasteiger partial charge in [-0.25, -0.2) is 4.98 Å². The van der Waals surface area contributed by atoms with Gasteiger partial charge in [-0.3, -0.25) is 4.79 Å². The highest BCUT2D eigenvalue weighted by molar-refractivity contribution is 7.15. The summed E-state index contributed by atoms with van der Waals surface area (Å²) >= 11 is 1.72. The number of hydrogen-bond acceptors (Lipinski definition) is 3. The average molecular weight is 318 g/mol. The number of carbonyl (C=O) groups is 1. The SMILES string of the molecule is Cc1nc(C[NH+](C)CC(=O)NC(C)C)sc1-c1ccccc1. The normalized spacial score (nSPS) is 12.4. The Morgan fingerprint density at radius 1 is 1.32 bits per heavy atom. The molecule has 2 N–H and O–H groups in total. The lowest BCUT2D eigenvalue weighted by Crippen LogP contribution is -3.09. The third kappa shape index (κ3) is 4.64. The first kappa shape index (κ1) is 16.6. The Hall–Kier alpha value is -1.72. The van der Waals surface area contributed by atoms with Crippen molar-refractivity contribution in [2.75, 3.05) is 13.6 Å². The molecule has 1 amide bonds. The summed E-state index contributed by atoms with van der Waals surface area (Å²) in [6, 6.07) is 10.5. The smallest absolute Gasteiger partial charge is 0.275 e. The molecule has 0 saturated carbocycles. The minimum atomic E-state index is 0.0871. The number of likely N-dealkylation sites (N-methyl/N-ethyl adjacent to an activating group) is 1. The van der Waals surface area contributed by atoms with Crippen LogP contribution in [0.15, 0.2) is 30.3 Å². The average Bonchev–Trinajstić information content (AvgIpc) is 2.79. The summed E-state index contributed by atoms with van der Waals surface area (Å²) < 4.78 is 0. The topological polar surface area (TPSA) is 46.4 Å². The van der Waals surface area contributed by atoms with E-state index in [1.807, 2.05) is 46.0 Å². The van der Waals surface area contributed by atoms with Crippen molar-refractivity contribution in [2.45, 2.75) is 33.4 Å². The summed E-state index contributed by atoms with van der Waals surface area (Å²) in [5.41, 5.74) is 2.27. The van der Waals surface area contributed by atoms with Crippen molar-refractivity contribution in [3.05, 3.63) is 41.0 Å². The van der Waals surface area contributed by atoms with E-state index in [1.165, 1.54) is 10.4 Å². The lowest BCUT2D eigenvalue weighted by atomic mass is 10.2. The van der Waals surface area contributed by atoms with E-state index in [1.54, 1.807) is 11.3 Å². The Bertz CT molecular complexity index is 622. The lowest BCUT2D eigenvalue weighted by molar-refractivity contribution is -0.885. The molecule has 0 saturated heterocycles. The predicted molar refractivity (Wildman–Crippen MR) is 91.0 cm³/mol. The van der Waals surface area contributed by atoms with Crippen LogP contribution in [0.1, 0.15) is 24.5 Å². The van der Waals surface area contributed by atoms with Crippen molar-refractivity contribution in [1.82, 2.24) is 10.3 Å². The molecule has 1 aromatic carbocycles. The van der Waals surface area contributed by atoms with Crippen LogP contribution in [0.4, 0.5) is 0 Å². The molecule has 2 aromatic rings. The minimum Gasteiger partial charge on any atom is -0.349 e. The Labute approximate surface area is 136 Å². The molecule has 0 fully saturated rings. The summed E-state index contributed by atoms with van der Waals surface area (Å²) in [6.45, 7) is 7.23. The monoisotopic (exact) mass is 318 g/mol. The summed E-state index contributed by atoms with van der Waals surface area (Å²) in [6.07, 6.45) is 0. The van der Waals surface area contributed by atoms with Crippen molar-refractivity contribution < 1.29 is 9.69 Å². The number of rotatable bonds is 6. The third-order valence-corrected chi connectivity index (χ3v) is 4.45. The number of nitrogens with one attached hydrogen (secondary N) is 2. The molecule has 0 aliphatic rings. The highest BCUT2D eigenvalue weighted by Crippen LogP contribution is 2.29. The van der Waals surface area contributed by atoms with Crippen LogP contribution in [0.2, 0.25) is 0 Å². The van der Waals surface area contributed by atoms with Gasteiger partial charge in [0.05, 0.1) is 17.6 Å². The van der Waals surface area contributed by atoms with Crippen LogP contribution in [0.25, 0.3) is 10.4 Å². The molecule has 2 rings (SSSR count). The van der Waals surface area contributed by atoms with Crippen molar-refractivity contribution in [2.24, 2.45) is 0 Å². The second kappa shape index (κ2) is 7.51. The highest BCUT2D eigenvalue weighted by Gasteiger charge is 2.15. The largest absolute Gasteiger partial charge is 0.349 e. The molecule has 5 heteroatoms. The third-order valence-electron chi connectivity index (χ3n) is 3.24. The van der Waals surface area contributed by atoms with Crippen LogP contribution in [-0.4, -0.2) is 30.5 Å². The molecule has 0 spiro atoms. The van der Waals surface area contributed by atoms with Gasteiger partial charge in [-0.2, -0.15) is 0 Å². The van der Waals surface area contributed by atoms with E-state index in [2.05, 4.69) is 22.4 Å². The molecule has 1 unspecified atom stereocenters. The number of nitrogens with zero attached hydrogens (tertiary/aromatic N) is 1. The van der Waals surface area contributed by atoms with Crippen LogP contribution in [0.3, 0.4) is 0 Å². The maximum atomic E-state index is 11.8. The van der Waals surface area contributed by atoms with Gasteiger partial charge in [-0.15, -0.1) is 11.3 Å². The molecule has 0 aliphatic carbocycles. The van der Waals surface area contributed by atoms with Crippen LogP contribution in [0.5, 0.6) is 0 Å². The van der Waals surface area contributed by atoms with Crippen molar-refractivity contribution in [3.63, 3.8) is 0 Å². The Morgan fingerprint density at radius 2 is 2.00 bits per heavy atom. The number of amides is 1. The van der Waals surface area contributed by atoms with Gasteiger partial charge < -0.3 is 10.2 Å². The van der Waals surface area contributed by atoms with Crippen molar-refractivity contribution >= 4 is 17.2 Å². The van der Waals surface area contributed by atoms with Crippen molar-refractivity contribution in [3.8, 4) is 10.4 Å². The number of benzene rings is 1. The number of thiazole rings is 1. The molecule has 1 aromatic heterocycles. The number of aryl methyl sites for hydroxylation is 1. The predicted octanol–water partition coefficient (Wildman–Crippen LogP) is 1.66. The van der Waals surface area contributed by atoms with Gasteiger partial charge in [0, 0.05) is 6.04 Å². The van der Waals surface area contributed by atoms with Gasteiger partial charge in [0.15, 0.2) is 6.54 Å². The lowest BCUT2D eigenvalue weighted by Gasteiger charge is -2.13. The first-order valence-electron chi connectivity index (χ1n) is 7.58. The minimum absolute atomic E-state index is 0.0871. The Kier molecular flexibility index (Phi) is 5.69. The molecule has 22 heavy (non-hydrogen) atoms. The Morgan fingerprint density at radius 3 is 2.64 bits per heavy atom. The van der Waals surface area contributed by atoms with E-state index in [0.29, 0.717) is 6.54 Å². The standard InChI is InChI=1S/C17H23N3OS/c1-12(2)18-15(21)10-20(4)11-16-19-13(3)17(22-16)14-8-6-5-7-9-14/h5-9,12H,10-11H2,1-4H3,(H,18,21)/p+1. The number of carbonyl (C=O) groups excluding carboxylic acids is 1. The van der Waals surface area contributed by atoms with Gasteiger partial charge >= 0.3 is 0 Å². The van der Waals surface area contributed by atoms with Gasteiger partial charge in [0.2, 0.25) is 0 Å². The van der Waals surface area contributed by atoms with E-state index < -0.39 is 0 Å². The van der Waals surface area contributed by atoms with E-state index in [-0.39, 0.29) is 11.9 Å². The quantitative estimate of drug-likeness (QED) is 0.851. The van der Waals surface area contributed by atoms with Gasteiger partial charge in [0.25, 0.3) is 5.91 Å². The number of hydrogen-bond donors (Lipinski definition) is 2. The zero-order chi connectivity index (χ0) is 16.1. The van der Waals surface area contributed by atoms with E-state index >= 15 is 0 Å². The molecule has 0 aliphatic heterocycles. The summed E-state index contributed by atoms with van der Waals surface area (Å²) in [5.74, 6) is 0.0871. The number of quaternary nitrogens is 1. The first-order chi connectivity index (χ1) is 10.5. The molecule has 4 nitrogen and oxygen atoms in total. The van der Waals surface area contributed by atoms with E-state index in [9.17, 15) is 4.79 Å².